The molecular formula is C12H19NO4S. The molecule has 1 rings (SSSR count). The van der Waals surface area contributed by atoms with E-state index >= 15 is 0 Å². The Labute approximate surface area is 108 Å². The summed E-state index contributed by atoms with van der Waals surface area (Å²) in [5.74, 6) is -0.0216. The molecular weight excluding hydrogens is 254 g/mol. The van der Waals surface area contributed by atoms with Gasteiger partial charge >= 0.3 is 0 Å². The Kier molecular flexibility index (Phi) is 6.28. The van der Waals surface area contributed by atoms with Gasteiger partial charge in [0.1, 0.15) is 0 Å². The van der Waals surface area contributed by atoms with Crippen LogP contribution in [0.4, 0.5) is 0 Å². The molecule has 0 unspecified atom stereocenters. The predicted molar refractivity (Wildman–Crippen MR) is 69.5 cm³/mol. The molecule has 0 radical (unpaired) electrons. The monoisotopic (exact) mass is 273 g/mol. The zero-order valence-electron chi connectivity index (χ0n) is 10.6. The Morgan fingerprint density at radius 1 is 1.17 bits per heavy atom. The van der Waals surface area contributed by atoms with Crippen molar-refractivity contribution in [2.45, 2.75) is 19.3 Å². The lowest BCUT2D eigenvalue weighted by atomic mass is 10.2. The van der Waals surface area contributed by atoms with Gasteiger partial charge in [-0.15, -0.1) is 0 Å². The molecule has 0 aromatic heterocycles. The largest absolute Gasteiger partial charge is 0.356 e. The molecule has 1 N–H and O–H groups in total. The Morgan fingerprint density at radius 3 is 2.33 bits per heavy atom. The van der Waals surface area contributed by atoms with Crippen molar-refractivity contribution < 1.29 is 17.9 Å². The number of hydrogen-bond acceptors (Lipinski definition) is 4. The van der Waals surface area contributed by atoms with Gasteiger partial charge in [0.25, 0.3) is 0 Å². The van der Waals surface area contributed by atoms with Crippen molar-refractivity contribution in [3.05, 3.63) is 35.9 Å². The van der Waals surface area contributed by atoms with Crippen LogP contribution in [0.3, 0.4) is 0 Å². The van der Waals surface area contributed by atoms with Crippen molar-refractivity contribution in [3.8, 4) is 0 Å². The molecule has 0 atom stereocenters. The highest BCUT2D eigenvalue weighted by molar-refractivity contribution is 7.89. The molecule has 0 amide bonds. The van der Waals surface area contributed by atoms with E-state index in [1.165, 1.54) is 14.2 Å². The maximum absolute atomic E-state index is 11.7. The number of methoxy groups -OCH3 is 2. The topological polar surface area (TPSA) is 64.6 Å². The lowest BCUT2D eigenvalue weighted by Crippen LogP contribution is -2.28. The smallest absolute Gasteiger partial charge is 0.212 e. The van der Waals surface area contributed by atoms with E-state index in [9.17, 15) is 8.42 Å². The van der Waals surface area contributed by atoms with Crippen LogP contribution in [0, 0.1) is 0 Å². The zero-order valence-corrected chi connectivity index (χ0v) is 11.4. The van der Waals surface area contributed by atoms with Crippen LogP contribution in [-0.2, 0) is 26.0 Å². The molecule has 0 aliphatic heterocycles. The van der Waals surface area contributed by atoms with Crippen LogP contribution >= 0.6 is 0 Å². The van der Waals surface area contributed by atoms with E-state index in [4.69, 9.17) is 9.47 Å². The fourth-order valence-electron chi connectivity index (χ4n) is 1.44. The minimum atomic E-state index is -3.31. The van der Waals surface area contributed by atoms with Gasteiger partial charge in [-0.25, -0.2) is 13.1 Å². The molecule has 0 spiro atoms. The van der Waals surface area contributed by atoms with E-state index in [0.717, 1.165) is 5.56 Å². The number of nitrogens with one attached hydrogen (secondary N) is 1. The van der Waals surface area contributed by atoms with E-state index in [2.05, 4.69) is 4.72 Å². The molecule has 6 heteroatoms. The van der Waals surface area contributed by atoms with Crippen molar-refractivity contribution in [3.63, 3.8) is 0 Å². The summed E-state index contributed by atoms with van der Waals surface area (Å²) in [6, 6.07) is 9.37. The minimum absolute atomic E-state index is 0.0216. The summed E-state index contributed by atoms with van der Waals surface area (Å²) in [6.45, 7) is 0.299. The molecule has 0 aliphatic carbocycles. The van der Waals surface area contributed by atoms with E-state index in [1.54, 1.807) is 0 Å². The van der Waals surface area contributed by atoms with E-state index < -0.39 is 16.3 Å². The maximum atomic E-state index is 11.7. The molecule has 5 nitrogen and oxygen atoms in total. The predicted octanol–water partition coefficient (Wildman–Crippen LogP) is 1.11. The second-order valence-corrected chi connectivity index (χ2v) is 5.74. The number of rotatable bonds is 8. The third-order valence-corrected chi connectivity index (χ3v) is 3.84. The maximum Gasteiger partial charge on any atom is 0.212 e. The summed E-state index contributed by atoms with van der Waals surface area (Å²) in [5, 5.41) is 0. The van der Waals surface area contributed by atoms with Crippen molar-refractivity contribution in [2.75, 3.05) is 20.0 Å². The van der Waals surface area contributed by atoms with Gasteiger partial charge in [0, 0.05) is 27.2 Å². The van der Waals surface area contributed by atoms with E-state index in [-0.39, 0.29) is 5.75 Å². The molecule has 0 saturated carbocycles. The van der Waals surface area contributed by atoms with Gasteiger partial charge in [-0.3, -0.25) is 0 Å². The first-order valence-electron chi connectivity index (χ1n) is 5.64. The normalized spacial score (nSPS) is 11.9. The summed E-state index contributed by atoms with van der Waals surface area (Å²) in [5.41, 5.74) is 0.927. The Bertz CT molecular complexity index is 429. The first kappa shape index (κ1) is 15.1. The molecule has 0 heterocycles. The second kappa shape index (κ2) is 7.48. The van der Waals surface area contributed by atoms with Gasteiger partial charge in [-0.2, -0.15) is 0 Å². The first-order chi connectivity index (χ1) is 8.57. The summed E-state index contributed by atoms with van der Waals surface area (Å²) < 4.78 is 35.9. The van der Waals surface area contributed by atoms with Crippen LogP contribution in [0.25, 0.3) is 0 Å². The van der Waals surface area contributed by atoms with E-state index in [1.807, 2.05) is 30.3 Å². The SMILES string of the molecule is COC(CCS(=O)(=O)NCc1ccccc1)OC. The summed E-state index contributed by atoms with van der Waals surface area (Å²) in [7, 11) is -0.336. The van der Waals surface area contributed by atoms with Crippen molar-refractivity contribution in [2.24, 2.45) is 0 Å². The van der Waals surface area contributed by atoms with Gasteiger partial charge in [0.2, 0.25) is 10.0 Å². The van der Waals surface area contributed by atoms with Crippen LogP contribution < -0.4 is 4.72 Å². The minimum Gasteiger partial charge on any atom is -0.356 e. The van der Waals surface area contributed by atoms with Gasteiger partial charge in [-0.1, -0.05) is 30.3 Å². The number of hydrogen-bond donors (Lipinski definition) is 1. The molecule has 0 saturated heterocycles. The summed E-state index contributed by atoms with van der Waals surface area (Å²) in [6.07, 6.45) is -0.185. The standard InChI is InChI=1S/C12H19NO4S/c1-16-12(17-2)8-9-18(14,15)13-10-11-6-4-3-5-7-11/h3-7,12-13H,8-10H2,1-2H3. The number of benzene rings is 1. The van der Waals surface area contributed by atoms with Crippen LogP contribution in [-0.4, -0.2) is 34.7 Å². The highest BCUT2D eigenvalue weighted by atomic mass is 32.2. The van der Waals surface area contributed by atoms with Crippen LogP contribution in [0.15, 0.2) is 30.3 Å². The summed E-state index contributed by atoms with van der Waals surface area (Å²) in [4.78, 5) is 0. The van der Waals surface area contributed by atoms with Crippen molar-refractivity contribution in [1.82, 2.24) is 4.72 Å². The Balaban J connectivity index is 2.40. The van der Waals surface area contributed by atoms with Crippen LogP contribution in [0.2, 0.25) is 0 Å². The van der Waals surface area contributed by atoms with Crippen molar-refractivity contribution in [1.29, 1.82) is 0 Å². The van der Waals surface area contributed by atoms with Crippen LogP contribution in [0.5, 0.6) is 0 Å². The molecule has 1 aromatic rings. The van der Waals surface area contributed by atoms with Gasteiger partial charge < -0.3 is 9.47 Å². The highest BCUT2D eigenvalue weighted by Gasteiger charge is 2.14. The quantitative estimate of drug-likeness (QED) is 0.721. The number of ether oxygens (including phenoxy) is 2. The summed E-state index contributed by atoms with van der Waals surface area (Å²) >= 11 is 0. The average molecular weight is 273 g/mol. The highest BCUT2D eigenvalue weighted by Crippen LogP contribution is 2.03. The van der Waals surface area contributed by atoms with Crippen molar-refractivity contribution >= 4 is 10.0 Å². The Hall–Kier alpha value is -0.950. The molecule has 0 fully saturated rings. The second-order valence-electron chi connectivity index (χ2n) is 3.82. The molecule has 18 heavy (non-hydrogen) atoms. The average Bonchev–Trinajstić information content (AvgIpc) is 2.39. The molecule has 0 aliphatic rings. The van der Waals surface area contributed by atoms with Gasteiger partial charge in [0.15, 0.2) is 6.29 Å². The third-order valence-electron chi connectivity index (χ3n) is 2.49. The van der Waals surface area contributed by atoms with Crippen LogP contribution in [0.1, 0.15) is 12.0 Å². The lowest BCUT2D eigenvalue weighted by Gasteiger charge is -2.13. The number of sulfonamides is 1. The molecule has 102 valence electrons. The fraction of sp³-hybridized carbons (Fsp3) is 0.500. The van der Waals surface area contributed by atoms with Gasteiger partial charge in [0.05, 0.1) is 5.75 Å². The fourth-order valence-corrected chi connectivity index (χ4v) is 2.48. The zero-order chi connectivity index (χ0) is 13.4. The molecule has 0 bridgehead atoms. The van der Waals surface area contributed by atoms with Gasteiger partial charge in [-0.05, 0) is 5.56 Å². The first-order valence-corrected chi connectivity index (χ1v) is 7.29. The lowest BCUT2D eigenvalue weighted by molar-refractivity contribution is -0.102. The molecule has 1 aromatic carbocycles. The third kappa shape index (κ3) is 5.59. The Morgan fingerprint density at radius 2 is 1.78 bits per heavy atom. The van der Waals surface area contributed by atoms with E-state index in [0.29, 0.717) is 13.0 Å².